The van der Waals surface area contributed by atoms with E-state index in [1.54, 1.807) is 35.6 Å². The monoisotopic (exact) mass is 338 g/mol. The van der Waals surface area contributed by atoms with E-state index in [1.165, 1.54) is 6.26 Å². The van der Waals surface area contributed by atoms with Crippen molar-refractivity contribution in [3.05, 3.63) is 66.9 Å². The van der Waals surface area contributed by atoms with Crippen LogP contribution in [-0.2, 0) is 13.1 Å². The van der Waals surface area contributed by atoms with Crippen molar-refractivity contribution in [3.8, 4) is 5.75 Å². The van der Waals surface area contributed by atoms with E-state index >= 15 is 0 Å². The summed E-state index contributed by atoms with van der Waals surface area (Å²) in [7, 11) is 0. The SMILES string of the molecule is O=C(c1ccco1)N1Cc2nccn2CC(COc2cccnc2)C1. The van der Waals surface area contributed by atoms with Gasteiger partial charge in [0.1, 0.15) is 11.6 Å². The van der Waals surface area contributed by atoms with Gasteiger partial charge in [0, 0.05) is 37.6 Å². The molecule has 3 aromatic heterocycles. The zero-order chi connectivity index (χ0) is 17.1. The van der Waals surface area contributed by atoms with Gasteiger partial charge in [0.2, 0.25) is 0 Å². The number of hydrogen-bond donors (Lipinski definition) is 0. The maximum Gasteiger partial charge on any atom is 0.289 e. The van der Waals surface area contributed by atoms with Crippen molar-refractivity contribution in [2.24, 2.45) is 5.92 Å². The van der Waals surface area contributed by atoms with E-state index in [9.17, 15) is 4.79 Å². The lowest BCUT2D eigenvalue weighted by Crippen LogP contribution is -2.35. The normalized spacial score (nSPS) is 17.0. The zero-order valence-electron chi connectivity index (χ0n) is 13.6. The van der Waals surface area contributed by atoms with Crippen LogP contribution in [0.25, 0.3) is 0 Å². The van der Waals surface area contributed by atoms with E-state index in [1.807, 2.05) is 18.3 Å². The van der Waals surface area contributed by atoms with Crippen molar-refractivity contribution >= 4 is 5.91 Å². The molecule has 0 N–H and O–H groups in total. The summed E-state index contributed by atoms with van der Waals surface area (Å²) >= 11 is 0. The minimum Gasteiger partial charge on any atom is -0.492 e. The van der Waals surface area contributed by atoms with E-state index in [0.29, 0.717) is 25.5 Å². The number of aromatic nitrogens is 3. The Kier molecular flexibility index (Phi) is 4.20. The molecule has 7 nitrogen and oxygen atoms in total. The number of amides is 1. The molecule has 7 heteroatoms. The Balaban J connectivity index is 1.52. The number of hydrogen-bond acceptors (Lipinski definition) is 5. The number of rotatable bonds is 4. The number of pyridine rings is 1. The molecular formula is C18H18N4O3. The Hall–Kier alpha value is -3.09. The zero-order valence-corrected chi connectivity index (χ0v) is 13.6. The molecule has 4 rings (SSSR count). The highest BCUT2D eigenvalue weighted by atomic mass is 16.5. The number of nitrogens with zero attached hydrogens (tertiary/aromatic N) is 4. The Morgan fingerprint density at radius 1 is 1.28 bits per heavy atom. The van der Waals surface area contributed by atoms with Gasteiger partial charge >= 0.3 is 0 Å². The molecule has 0 spiro atoms. The van der Waals surface area contributed by atoms with Gasteiger partial charge in [-0.2, -0.15) is 0 Å². The highest BCUT2D eigenvalue weighted by molar-refractivity contribution is 5.91. The first-order valence-corrected chi connectivity index (χ1v) is 8.15. The van der Waals surface area contributed by atoms with Crippen LogP contribution in [0.15, 0.2) is 59.7 Å². The van der Waals surface area contributed by atoms with Crippen LogP contribution in [0.2, 0.25) is 0 Å². The molecule has 1 aliphatic heterocycles. The standard InChI is InChI=1S/C18H18N4O3/c23-18(16-4-2-8-24-16)22-11-14(10-21-7-6-20-17(21)12-22)13-25-15-3-1-5-19-9-15/h1-9,14H,10-13H2. The second-order valence-corrected chi connectivity index (χ2v) is 6.02. The summed E-state index contributed by atoms with van der Waals surface area (Å²) in [6.45, 7) is 2.27. The Labute approximate surface area is 144 Å². The summed E-state index contributed by atoms with van der Waals surface area (Å²) in [4.78, 5) is 22.9. The van der Waals surface area contributed by atoms with E-state index < -0.39 is 0 Å². The quantitative estimate of drug-likeness (QED) is 0.729. The molecule has 0 bridgehead atoms. The summed E-state index contributed by atoms with van der Waals surface area (Å²) in [5.74, 6) is 1.93. The van der Waals surface area contributed by atoms with Crippen molar-refractivity contribution in [1.29, 1.82) is 0 Å². The van der Waals surface area contributed by atoms with Crippen LogP contribution in [0.5, 0.6) is 5.75 Å². The first kappa shape index (κ1) is 15.4. The van der Waals surface area contributed by atoms with Gasteiger partial charge in [0.05, 0.1) is 25.6 Å². The van der Waals surface area contributed by atoms with Gasteiger partial charge in [-0.15, -0.1) is 0 Å². The second kappa shape index (κ2) is 6.80. The molecule has 1 atom stereocenters. The van der Waals surface area contributed by atoms with Gasteiger partial charge in [-0.3, -0.25) is 9.78 Å². The largest absolute Gasteiger partial charge is 0.492 e. The number of fused-ring (bicyclic) bond motifs is 1. The summed E-state index contributed by atoms with van der Waals surface area (Å²) < 4.78 is 13.2. The molecule has 0 radical (unpaired) electrons. The van der Waals surface area contributed by atoms with E-state index in [-0.39, 0.29) is 11.8 Å². The van der Waals surface area contributed by atoms with E-state index in [4.69, 9.17) is 9.15 Å². The number of furan rings is 1. The molecule has 0 saturated heterocycles. The molecule has 128 valence electrons. The molecule has 0 saturated carbocycles. The highest BCUT2D eigenvalue weighted by Crippen LogP contribution is 2.19. The number of ether oxygens (including phenoxy) is 1. The number of carbonyl (C=O) groups is 1. The molecule has 1 unspecified atom stereocenters. The smallest absolute Gasteiger partial charge is 0.289 e. The third kappa shape index (κ3) is 3.40. The lowest BCUT2D eigenvalue weighted by molar-refractivity contribution is 0.0668. The maximum atomic E-state index is 12.7. The lowest BCUT2D eigenvalue weighted by atomic mass is 10.1. The van der Waals surface area contributed by atoms with Crippen molar-refractivity contribution in [1.82, 2.24) is 19.4 Å². The second-order valence-electron chi connectivity index (χ2n) is 6.02. The molecule has 0 aromatic carbocycles. The first-order chi connectivity index (χ1) is 12.3. The highest BCUT2D eigenvalue weighted by Gasteiger charge is 2.28. The van der Waals surface area contributed by atoms with Crippen molar-refractivity contribution in [2.45, 2.75) is 13.1 Å². The molecule has 3 aromatic rings. The Bertz CT molecular complexity index is 829. The number of carbonyl (C=O) groups excluding carboxylic acids is 1. The van der Waals surface area contributed by atoms with Crippen LogP contribution < -0.4 is 4.74 Å². The van der Waals surface area contributed by atoms with Gasteiger partial charge in [-0.05, 0) is 24.3 Å². The third-order valence-corrected chi connectivity index (χ3v) is 4.21. The van der Waals surface area contributed by atoms with E-state index in [0.717, 1.165) is 18.1 Å². The summed E-state index contributed by atoms with van der Waals surface area (Å²) in [6, 6.07) is 7.11. The Morgan fingerprint density at radius 2 is 2.24 bits per heavy atom. The van der Waals surface area contributed by atoms with Gasteiger partial charge in [-0.25, -0.2) is 4.98 Å². The first-order valence-electron chi connectivity index (χ1n) is 8.15. The van der Waals surface area contributed by atoms with Crippen molar-refractivity contribution in [2.75, 3.05) is 13.2 Å². The fraction of sp³-hybridized carbons (Fsp3) is 0.278. The molecule has 0 fully saturated rings. The van der Waals surface area contributed by atoms with Crippen LogP contribution in [0.1, 0.15) is 16.4 Å². The van der Waals surface area contributed by atoms with Crippen molar-refractivity contribution < 1.29 is 13.9 Å². The number of imidazole rings is 1. The molecule has 0 aliphatic carbocycles. The topological polar surface area (TPSA) is 73.4 Å². The predicted molar refractivity (Wildman–Crippen MR) is 88.9 cm³/mol. The summed E-state index contributed by atoms with van der Waals surface area (Å²) in [5.41, 5.74) is 0. The van der Waals surface area contributed by atoms with Gasteiger partial charge in [0.15, 0.2) is 5.76 Å². The molecular weight excluding hydrogens is 320 g/mol. The third-order valence-electron chi connectivity index (χ3n) is 4.21. The minimum atomic E-state index is -0.132. The predicted octanol–water partition coefficient (Wildman–Crippen LogP) is 2.22. The molecule has 4 heterocycles. The average Bonchev–Trinajstić information content (AvgIpc) is 3.29. The van der Waals surface area contributed by atoms with E-state index in [2.05, 4.69) is 14.5 Å². The van der Waals surface area contributed by atoms with Gasteiger partial charge in [-0.1, -0.05) is 0 Å². The molecule has 1 amide bonds. The van der Waals surface area contributed by atoms with Crippen LogP contribution >= 0.6 is 0 Å². The minimum absolute atomic E-state index is 0.132. The van der Waals surface area contributed by atoms with Crippen molar-refractivity contribution in [3.63, 3.8) is 0 Å². The molecule has 25 heavy (non-hydrogen) atoms. The summed E-state index contributed by atoms with van der Waals surface area (Å²) in [5, 5.41) is 0. The lowest BCUT2D eigenvalue weighted by Gasteiger charge is -2.23. The van der Waals surface area contributed by atoms with Gasteiger partial charge < -0.3 is 18.6 Å². The summed E-state index contributed by atoms with van der Waals surface area (Å²) in [6.07, 6.45) is 8.60. The average molecular weight is 338 g/mol. The maximum absolute atomic E-state index is 12.7. The van der Waals surface area contributed by atoms with Gasteiger partial charge in [0.25, 0.3) is 5.91 Å². The fourth-order valence-corrected chi connectivity index (χ4v) is 3.00. The van der Waals surface area contributed by atoms with Crippen LogP contribution in [0.4, 0.5) is 0 Å². The van der Waals surface area contributed by atoms with Crippen LogP contribution in [0.3, 0.4) is 0 Å². The van der Waals surface area contributed by atoms with Crippen LogP contribution in [0, 0.1) is 5.92 Å². The Morgan fingerprint density at radius 3 is 3.04 bits per heavy atom. The molecule has 1 aliphatic rings. The van der Waals surface area contributed by atoms with Crippen LogP contribution in [-0.4, -0.2) is 38.5 Å². The fourth-order valence-electron chi connectivity index (χ4n) is 3.00.